The molecule has 1 aliphatic carbocycles. The van der Waals surface area contributed by atoms with Gasteiger partial charge in [0.25, 0.3) is 0 Å². The maximum atomic E-state index is 12.2. The largest absolute Gasteiger partial charge is 0.493 e. The molecule has 0 aromatic heterocycles. The van der Waals surface area contributed by atoms with Gasteiger partial charge in [-0.05, 0) is 62.3 Å². The fraction of sp³-hybridized carbons (Fsp3) is 0.571. The quantitative estimate of drug-likeness (QED) is 0.595. The van der Waals surface area contributed by atoms with E-state index in [0.29, 0.717) is 13.2 Å². The number of carbonyl (C=O) groups is 1. The van der Waals surface area contributed by atoms with Crippen LogP contribution in [0, 0.1) is 0 Å². The standard InChI is InChI=1S/C21H29NO4/c1-5-26-20(23)14-22-10-8-16-11-18(24-3)19(25-4)12-17(16)21(22)9-6-7-15(2)13-21/h11-12H,2,5-10,13-14H2,1,3-4H3. The minimum absolute atomic E-state index is 0.160. The normalized spacial score (nSPS) is 22.8. The molecule has 5 heteroatoms. The number of ether oxygens (including phenoxy) is 3. The Morgan fingerprint density at radius 2 is 1.96 bits per heavy atom. The summed E-state index contributed by atoms with van der Waals surface area (Å²) in [5, 5.41) is 0. The fourth-order valence-corrected chi connectivity index (χ4v) is 4.51. The molecule has 1 heterocycles. The third kappa shape index (κ3) is 3.32. The van der Waals surface area contributed by atoms with Crippen molar-refractivity contribution < 1.29 is 19.0 Å². The Bertz CT molecular complexity index is 699. The van der Waals surface area contributed by atoms with E-state index in [1.54, 1.807) is 14.2 Å². The van der Waals surface area contributed by atoms with E-state index < -0.39 is 0 Å². The van der Waals surface area contributed by atoms with Crippen LogP contribution in [0.25, 0.3) is 0 Å². The molecule has 0 saturated heterocycles. The summed E-state index contributed by atoms with van der Waals surface area (Å²) in [7, 11) is 3.33. The summed E-state index contributed by atoms with van der Waals surface area (Å²) in [6.45, 7) is 7.66. The molecule has 1 fully saturated rings. The van der Waals surface area contributed by atoms with Crippen LogP contribution in [0.2, 0.25) is 0 Å². The zero-order chi connectivity index (χ0) is 18.7. The monoisotopic (exact) mass is 359 g/mol. The topological polar surface area (TPSA) is 48.0 Å². The molecular formula is C21H29NO4. The van der Waals surface area contributed by atoms with Gasteiger partial charge in [0, 0.05) is 6.54 Å². The van der Waals surface area contributed by atoms with Crippen molar-refractivity contribution in [2.75, 3.05) is 33.9 Å². The molecule has 1 unspecified atom stereocenters. The van der Waals surface area contributed by atoms with Crippen molar-refractivity contribution in [2.45, 2.75) is 44.6 Å². The molecule has 26 heavy (non-hydrogen) atoms. The molecule has 0 N–H and O–H groups in total. The second-order valence-corrected chi connectivity index (χ2v) is 7.15. The first-order chi connectivity index (χ1) is 12.5. The first-order valence-electron chi connectivity index (χ1n) is 9.36. The molecule has 142 valence electrons. The van der Waals surface area contributed by atoms with E-state index in [0.717, 1.165) is 50.1 Å². The van der Waals surface area contributed by atoms with E-state index in [-0.39, 0.29) is 11.5 Å². The average molecular weight is 359 g/mol. The van der Waals surface area contributed by atoms with Crippen molar-refractivity contribution in [3.63, 3.8) is 0 Å². The van der Waals surface area contributed by atoms with Crippen LogP contribution in [-0.4, -0.2) is 44.8 Å². The van der Waals surface area contributed by atoms with Gasteiger partial charge in [-0.25, -0.2) is 0 Å². The first-order valence-corrected chi connectivity index (χ1v) is 9.36. The van der Waals surface area contributed by atoms with Gasteiger partial charge in [0.15, 0.2) is 11.5 Å². The molecule has 1 atom stereocenters. The molecule has 1 aromatic carbocycles. The number of methoxy groups -OCH3 is 2. The van der Waals surface area contributed by atoms with E-state index in [1.165, 1.54) is 16.7 Å². The van der Waals surface area contributed by atoms with E-state index >= 15 is 0 Å². The van der Waals surface area contributed by atoms with Gasteiger partial charge in [0.1, 0.15) is 0 Å². The highest BCUT2D eigenvalue weighted by atomic mass is 16.5. The molecular weight excluding hydrogens is 330 g/mol. The highest BCUT2D eigenvalue weighted by Crippen LogP contribution is 2.49. The molecule has 0 radical (unpaired) electrons. The summed E-state index contributed by atoms with van der Waals surface area (Å²) in [6.07, 6.45) is 4.88. The van der Waals surface area contributed by atoms with Crippen molar-refractivity contribution in [3.05, 3.63) is 35.4 Å². The Hall–Kier alpha value is -2.01. The molecule has 1 aliphatic heterocycles. The molecule has 0 bridgehead atoms. The Kier molecular flexibility index (Phi) is 5.56. The maximum Gasteiger partial charge on any atom is 0.320 e. The summed E-state index contributed by atoms with van der Waals surface area (Å²) >= 11 is 0. The van der Waals surface area contributed by atoms with Crippen LogP contribution in [0.1, 0.15) is 43.7 Å². The van der Waals surface area contributed by atoms with Crippen LogP contribution in [0.3, 0.4) is 0 Å². The minimum Gasteiger partial charge on any atom is -0.493 e. The van der Waals surface area contributed by atoms with E-state index in [1.807, 2.05) is 6.92 Å². The molecule has 1 aromatic rings. The molecule has 2 aliphatic rings. The van der Waals surface area contributed by atoms with Gasteiger partial charge < -0.3 is 14.2 Å². The van der Waals surface area contributed by atoms with Gasteiger partial charge in [-0.1, -0.05) is 12.2 Å². The number of carbonyl (C=O) groups excluding carboxylic acids is 1. The SMILES string of the molecule is C=C1CCCC2(C1)c1cc(OC)c(OC)cc1CCN2CC(=O)OCC. The Balaban J connectivity index is 2.06. The van der Waals surface area contributed by atoms with Crippen molar-refractivity contribution >= 4 is 5.97 Å². The lowest BCUT2D eigenvalue weighted by molar-refractivity contribution is -0.147. The van der Waals surface area contributed by atoms with Crippen LogP contribution in [0.15, 0.2) is 24.3 Å². The lowest BCUT2D eigenvalue weighted by Crippen LogP contribution is -2.53. The Morgan fingerprint density at radius 1 is 1.23 bits per heavy atom. The zero-order valence-electron chi connectivity index (χ0n) is 16.1. The zero-order valence-corrected chi connectivity index (χ0v) is 16.1. The number of fused-ring (bicyclic) bond motifs is 2. The van der Waals surface area contributed by atoms with E-state index in [4.69, 9.17) is 14.2 Å². The van der Waals surface area contributed by atoms with Crippen molar-refractivity contribution in [1.82, 2.24) is 4.90 Å². The number of rotatable bonds is 5. The predicted molar refractivity (Wildman–Crippen MR) is 101 cm³/mol. The maximum absolute atomic E-state index is 12.2. The highest BCUT2D eigenvalue weighted by molar-refractivity contribution is 5.72. The van der Waals surface area contributed by atoms with Crippen LogP contribution in [0.5, 0.6) is 11.5 Å². The Morgan fingerprint density at radius 3 is 2.62 bits per heavy atom. The van der Waals surface area contributed by atoms with Crippen molar-refractivity contribution in [1.29, 1.82) is 0 Å². The smallest absolute Gasteiger partial charge is 0.320 e. The lowest BCUT2D eigenvalue weighted by Gasteiger charge is -2.50. The van der Waals surface area contributed by atoms with Gasteiger partial charge in [-0.2, -0.15) is 0 Å². The predicted octanol–water partition coefficient (Wildman–Crippen LogP) is 3.45. The Labute approximate surface area is 155 Å². The fourth-order valence-electron chi connectivity index (χ4n) is 4.51. The summed E-state index contributed by atoms with van der Waals surface area (Å²) < 4.78 is 16.3. The van der Waals surface area contributed by atoms with Gasteiger partial charge in [0.05, 0.1) is 32.9 Å². The van der Waals surface area contributed by atoms with Crippen LogP contribution in [0.4, 0.5) is 0 Å². The molecule has 5 nitrogen and oxygen atoms in total. The highest BCUT2D eigenvalue weighted by Gasteiger charge is 2.45. The number of hydrogen-bond donors (Lipinski definition) is 0. The first kappa shape index (κ1) is 18.8. The van der Waals surface area contributed by atoms with E-state index in [9.17, 15) is 4.79 Å². The number of esters is 1. The van der Waals surface area contributed by atoms with Crippen molar-refractivity contribution in [2.24, 2.45) is 0 Å². The molecule has 0 amide bonds. The van der Waals surface area contributed by atoms with Crippen LogP contribution in [-0.2, 0) is 21.5 Å². The molecule has 1 saturated carbocycles. The number of benzene rings is 1. The second kappa shape index (κ2) is 7.70. The second-order valence-electron chi connectivity index (χ2n) is 7.15. The van der Waals surface area contributed by atoms with Gasteiger partial charge in [-0.15, -0.1) is 0 Å². The molecule has 3 rings (SSSR count). The average Bonchev–Trinajstić information content (AvgIpc) is 2.63. The van der Waals surface area contributed by atoms with Gasteiger partial charge in [0.2, 0.25) is 0 Å². The summed E-state index contributed by atoms with van der Waals surface area (Å²) in [6, 6.07) is 4.19. The van der Waals surface area contributed by atoms with E-state index in [2.05, 4.69) is 23.6 Å². The minimum atomic E-state index is -0.213. The summed E-state index contributed by atoms with van der Waals surface area (Å²) in [4.78, 5) is 14.5. The third-order valence-corrected chi connectivity index (χ3v) is 5.66. The summed E-state index contributed by atoms with van der Waals surface area (Å²) in [5.74, 6) is 1.33. The van der Waals surface area contributed by atoms with Crippen LogP contribution < -0.4 is 9.47 Å². The number of nitrogens with zero attached hydrogens (tertiary/aromatic N) is 1. The third-order valence-electron chi connectivity index (χ3n) is 5.66. The van der Waals surface area contributed by atoms with Crippen molar-refractivity contribution in [3.8, 4) is 11.5 Å². The number of hydrogen-bond acceptors (Lipinski definition) is 5. The summed E-state index contributed by atoms with van der Waals surface area (Å²) in [5.41, 5.74) is 3.55. The van der Waals surface area contributed by atoms with Gasteiger partial charge >= 0.3 is 5.97 Å². The lowest BCUT2D eigenvalue weighted by atomic mass is 9.69. The van der Waals surface area contributed by atoms with Crippen LogP contribution >= 0.6 is 0 Å². The van der Waals surface area contributed by atoms with Gasteiger partial charge in [-0.3, -0.25) is 9.69 Å². The molecule has 1 spiro atoms.